The van der Waals surface area contributed by atoms with E-state index >= 15 is 0 Å². The second-order valence-electron chi connectivity index (χ2n) is 2.64. The molecular formula is C8H8N4OS. The third-order valence-corrected chi connectivity index (χ3v) is 2.29. The smallest absolute Gasteiger partial charge is 0.273 e. The lowest BCUT2D eigenvalue weighted by molar-refractivity contribution is 0.102. The highest BCUT2D eigenvalue weighted by Gasteiger charge is 2.08. The largest absolute Gasteiger partial charge is 0.397 e. The Morgan fingerprint density at radius 1 is 1.64 bits per heavy atom. The zero-order chi connectivity index (χ0) is 9.97. The summed E-state index contributed by atoms with van der Waals surface area (Å²) in [5.41, 5.74) is 6.43. The molecule has 0 spiro atoms. The Morgan fingerprint density at radius 3 is 3.07 bits per heavy atom. The van der Waals surface area contributed by atoms with Crippen LogP contribution in [0.2, 0.25) is 0 Å². The summed E-state index contributed by atoms with van der Waals surface area (Å²) in [5.74, 6) is -0.239. The van der Waals surface area contributed by atoms with Crippen molar-refractivity contribution in [2.24, 2.45) is 0 Å². The lowest BCUT2D eigenvalue weighted by Gasteiger charge is -1.97. The molecule has 0 aliphatic heterocycles. The molecule has 6 heteroatoms. The van der Waals surface area contributed by atoms with E-state index in [-0.39, 0.29) is 5.91 Å². The fourth-order valence-electron chi connectivity index (χ4n) is 0.992. The zero-order valence-corrected chi connectivity index (χ0v) is 7.97. The highest BCUT2D eigenvalue weighted by Crippen LogP contribution is 2.12. The molecule has 0 radical (unpaired) electrons. The molecule has 0 aromatic carbocycles. The van der Waals surface area contributed by atoms with Crippen LogP contribution in [0.25, 0.3) is 0 Å². The van der Waals surface area contributed by atoms with Gasteiger partial charge in [0, 0.05) is 23.5 Å². The Kier molecular flexibility index (Phi) is 2.19. The van der Waals surface area contributed by atoms with Crippen LogP contribution in [-0.2, 0) is 0 Å². The summed E-state index contributed by atoms with van der Waals surface area (Å²) in [7, 11) is 0. The number of amides is 1. The van der Waals surface area contributed by atoms with Crippen molar-refractivity contribution >= 4 is 28.1 Å². The molecule has 0 aliphatic carbocycles. The van der Waals surface area contributed by atoms with Crippen LogP contribution in [0, 0.1) is 0 Å². The third kappa shape index (κ3) is 1.74. The molecule has 4 N–H and O–H groups in total. The normalized spacial score (nSPS) is 10.0. The van der Waals surface area contributed by atoms with Crippen molar-refractivity contribution in [1.82, 2.24) is 9.97 Å². The van der Waals surface area contributed by atoms with Gasteiger partial charge in [0.1, 0.15) is 5.69 Å². The first-order valence-electron chi connectivity index (χ1n) is 3.90. The van der Waals surface area contributed by atoms with Crippen molar-refractivity contribution in [2.75, 3.05) is 11.1 Å². The van der Waals surface area contributed by atoms with Crippen molar-refractivity contribution in [2.45, 2.75) is 0 Å². The van der Waals surface area contributed by atoms with Crippen LogP contribution in [0.5, 0.6) is 0 Å². The monoisotopic (exact) mass is 208 g/mol. The lowest BCUT2D eigenvalue weighted by atomic mass is 10.4. The van der Waals surface area contributed by atoms with E-state index < -0.39 is 0 Å². The van der Waals surface area contributed by atoms with Crippen molar-refractivity contribution in [1.29, 1.82) is 0 Å². The van der Waals surface area contributed by atoms with E-state index in [0.717, 1.165) is 0 Å². The number of nitrogen functional groups attached to an aromatic ring is 1. The Labute approximate surface area is 84.0 Å². The summed E-state index contributed by atoms with van der Waals surface area (Å²) in [6.07, 6.45) is 3.19. The number of nitrogens with two attached hydrogens (primary N) is 1. The predicted molar refractivity (Wildman–Crippen MR) is 55.3 cm³/mol. The molecule has 5 nitrogen and oxygen atoms in total. The predicted octanol–water partition coefficient (Wildman–Crippen LogP) is 1.31. The van der Waals surface area contributed by atoms with Crippen LogP contribution in [0.15, 0.2) is 23.8 Å². The molecule has 14 heavy (non-hydrogen) atoms. The topological polar surface area (TPSA) is 83.8 Å². The Hall–Kier alpha value is -1.82. The summed E-state index contributed by atoms with van der Waals surface area (Å²) in [6, 6.07) is 1.57. The van der Waals surface area contributed by atoms with Gasteiger partial charge in [0.2, 0.25) is 0 Å². The van der Waals surface area contributed by atoms with Crippen LogP contribution in [0.3, 0.4) is 0 Å². The SMILES string of the molecule is Nc1c[nH]c(C(=O)Nc2nccs2)c1. The van der Waals surface area contributed by atoms with Gasteiger partial charge in [-0.2, -0.15) is 0 Å². The van der Waals surface area contributed by atoms with E-state index in [1.54, 1.807) is 23.8 Å². The molecule has 0 saturated heterocycles. The third-order valence-electron chi connectivity index (χ3n) is 1.60. The van der Waals surface area contributed by atoms with E-state index in [0.29, 0.717) is 16.5 Å². The van der Waals surface area contributed by atoms with Gasteiger partial charge < -0.3 is 10.7 Å². The first-order chi connectivity index (χ1) is 6.75. The molecule has 2 aromatic heterocycles. The average molecular weight is 208 g/mol. The standard InChI is InChI=1S/C8H8N4OS/c9-5-3-6(11-4-5)7(13)12-8-10-1-2-14-8/h1-4,11H,9H2,(H,10,12,13). The number of nitrogens with zero attached hydrogens (tertiary/aromatic N) is 1. The second kappa shape index (κ2) is 3.51. The molecule has 0 unspecified atom stereocenters. The number of H-pyrrole nitrogens is 1. The number of aromatic amines is 1. The molecule has 0 bridgehead atoms. The van der Waals surface area contributed by atoms with Gasteiger partial charge in [-0.1, -0.05) is 0 Å². The van der Waals surface area contributed by atoms with Gasteiger partial charge in [-0.3, -0.25) is 10.1 Å². The maximum Gasteiger partial charge on any atom is 0.273 e. The molecule has 0 atom stereocenters. The maximum atomic E-state index is 11.5. The molecule has 0 aliphatic rings. The lowest BCUT2D eigenvalue weighted by Crippen LogP contribution is -2.11. The molecule has 0 fully saturated rings. The van der Waals surface area contributed by atoms with Crippen LogP contribution in [-0.4, -0.2) is 15.9 Å². The Morgan fingerprint density at radius 2 is 2.50 bits per heavy atom. The number of hydrogen-bond donors (Lipinski definition) is 3. The van der Waals surface area contributed by atoms with Gasteiger partial charge in [-0.05, 0) is 6.07 Å². The maximum absolute atomic E-state index is 11.5. The van der Waals surface area contributed by atoms with Crippen LogP contribution in [0.4, 0.5) is 10.8 Å². The van der Waals surface area contributed by atoms with E-state index in [4.69, 9.17) is 5.73 Å². The van der Waals surface area contributed by atoms with Gasteiger partial charge in [0.15, 0.2) is 5.13 Å². The van der Waals surface area contributed by atoms with Crippen molar-refractivity contribution in [3.05, 3.63) is 29.5 Å². The number of hydrogen-bond acceptors (Lipinski definition) is 4. The average Bonchev–Trinajstić information content (AvgIpc) is 2.75. The zero-order valence-electron chi connectivity index (χ0n) is 7.15. The minimum absolute atomic E-state index is 0.239. The number of aromatic nitrogens is 2. The fraction of sp³-hybridized carbons (Fsp3) is 0. The first-order valence-corrected chi connectivity index (χ1v) is 4.78. The number of carbonyl (C=O) groups excluding carboxylic acids is 1. The number of carbonyl (C=O) groups is 1. The summed E-state index contributed by atoms with van der Waals surface area (Å²) < 4.78 is 0. The highest BCUT2D eigenvalue weighted by molar-refractivity contribution is 7.13. The van der Waals surface area contributed by atoms with Crippen molar-refractivity contribution < 1.29 is 4.79 Å². The van der Waals surface area contributed by atoms with Gasteiger partial charge in [-0.15, -0.1) is 11.3 Å². The van der Waals surface area contributed by atoms with Crippen LogP contribution >= 0.6 is 11.3 Å². The van der Waals surface area contributed by atoms with Crippen LogP contribution in [0.1, 0.15) is 10.5 Å². The summed E-state index contributed by atoms with van der Waals surface area (Å²) in [4.78, 5) is 18.2. The molecule has 2 rings (SSSR count). The van der Waals surface area contributed by atoms with Gasteiger partial charge in [0.05, 0.1) is 0 Å². The first kappa shape index (κ1) is 8.76. The van der Waals surface area contributed by atoms with Crippen LogP contribution < -0.4 is 11.1 Å². The second-order valence-corrected chi connectivity index (χ2v) is 3.53. The summed E-state index contributed by atoms with van der Waals surface area (Å²) in [6.45, 7) is 0. The number of nitrogens with one attached hydrogen (secondary N) is 2. The summed E-state index contributed by atoms with van der Waals surface area (Å²) in [5, 5.41) is 5.00. The fourth-order valence-corrected chi connectivity index (χ4v) is 1.52. The quantitative estimate of drug-likeness (QED) is 0.695. The van der Waals surface area contributed by atoms with Gasteiger partial charge in [-0.25, -0.2) is 4.98 Å². The molecular weight excluding hydrogens is 200 g/mol. The summed E-state index contributed by atoms with van der Waals surface area (Å²) >= 11 is 1.36. The number of rotatable bonds is 2. The van der Waals surface area contributed by atoms with Gasteiger partial charge >= 0.3 is 0 Å². The van der Waals surface area contributed by atoms with E-state index in [2.05, 4.69) is 15.3 Å². The minimum Gasteiger partial charge on any atom is -0.397 e. The molecule has 2 heterocycles. The number of anilines is 2. The van der Waals surface area contributed by atoms with E-state index in [9.17, 15) is 4.79 Å². The van der Waals surface area contributed by atoms with E-state index in [1.807, 2.05) is 0 Å². The van der Waals surface area contributed by atoms with E-state index in [1.165, 1.54) is 11.3 Å². The minimum atomic E-state index is -0.239. The number of thiazole rings is 1. The van der Waals surface area contributed by atoms with Crippen molar-refractivity contribution in [3.8, 4) is 0 Å². The molecule has 2 aromatic rings. The Bertz CT molecular complexity index is 434. The van der Waals surface area contributed by atoms with Gasteiger partial charge in [0.25, 0.3) is 5.91 Å². The Balaban J connectivity index is 2.10. The molecule has 0 saturated carbocycles. The highest BCUT2D eigenvalue weighted by atomic mass is 32.1. The van der Waals surface area contributed by atoms with Crippen molar-refractivity contribution in [3.63, 3.8) is 0 Å². The molecule has 1 amide bonds. The molecule has 72 valence electrons.